The second-order valence-electron chi connectivity index (χ2n) is 2.99. The molecule has 0 bridgehead atoms. The van der Waals surface area contributed by atoms with E-state index in [0.29, 0.717) is 11.5 Å². The van der Waals surface area contributed by atoms with Gasteiger partial charge in [-0.05, 0) is 28.1 Å². The Morgan fingerprint density at radius 2 is 2.26 bits per heavy atom. The van der Waals surface area contributed by atoms with E-state index in [0.717, 1.165) is 4.47 Å². The number of hydroxylamine groups is 1. The van der Waals surface area contributed by atoms with Crippen LogP contribution in [0, 0.1) is 0 Å². The number of anilines is 1. The zero-order valence-electron chi connectivity index (χ0n) is 10.6. The summed E-state index contributed by atoms with van der Waals surface area (Å²) in [7, 11) is 0. The minimum Gasteiger partial charge on any atom is -0.322 e. The van der Waals surface area contributed by atoms with Crippen molar-refractivity contribution in [1.29, 1.82) is 0 Å². The molecule has 0 aliphatic rings. The van der Waals surface area contributed by atoms with Gasteiger partial charge < -0.3 is 5.32 Å². The average Bonchev–Trinajstić information content (AvgIpc) is 2.95. The van der Waals surface area contributed by atoms with Crippen molar-refractivity contribution in [2.24, 2.45) is 4.99 Å². The first-order valence-electron chi connectivity index (χ1n) is 5.64. The number of aromatic nitrogens is 3. The second-order valence-corrected chi connectivity index (χ2v) is 3.85. The van der Waals surface area contributed by atoms with Crippen molar-refractivity contribution in [2.75, 3.05) is 5.32 Å². The van der Waals surface area contributed by atoms with Crippen LogP contribution in [0.5, 0.6) is 0 Å². The van der Waals surface area contributed by atoms with Gasteiger partial charge >= 0.3 is 0 Å². The summed E-state index contributed by atoms with van der Waals surface area (Å²) in [4.78, 5) is 8.14. The molecule has 2 aromatic rings. The number of nitrogens with one attached hydrogen (secondary N) is 3. The lowest BCUT2D eigenvalue weighted by atomic mass is 10.5. The lowest BCUT2D eigenvalue weighted by Gasteiger charge is -2.05. The SMILES string of the molecule is CC.ON/C(=N\c1ncccc1Br)Nc1cn[nH]c1. The average molecular weight is 327 g/mol. The summed E-state index contributed by atoms with van der Waals surface area (Å²) >= 11 is 3.31. The van der Waals surface area contributed by atoms with Gasteiger partial charge in [-0.3, -0.25) is 10.3 Å². The van der Waals surface area contributed by atoms with Gasteiger partial charge in [-0.15, -0.1) is 0 Å². The number of H-pyrrole nitrogens is 1. The van der Waals surface area contributed by atoms with Crippen LogP contribution in [-0.2, 0) is 0 Å². The Kier molecular flexibility index (Phi) is 6.55. The van der Waals surface area contributed by atoms with Gasteiger partial charge in [-0.1, -0.05) is 13.8 Å². The third kappa shape index (κ3) is 4.68. The van der Waals surface area contributed by atoms with Gasteiger partial charge in [0.25, 0.3) is 0 Å². The monoisotopic (exact) mass is 326 g/mol. The molecule has 4 N–H and O–H groups in total. The molecule has 0 amide bonds. The van der Waals surface area contributed by atoms with Crippen molar-refractivity contribution in [3.8, 4) is 0 Å². The van der Waals surface area contributed by atoms with E-state index < -0.39 is 0 Å². The number of guanidine groups is 1. The highest BCUT2D eigenvalue weighted by atomic mass is 79.9. The maximum Gasteiger partial charge on any atom is 0.226 e. The van der Waals surface area contributed by atoms with E-state index in [4.69, 9.17) is 5.21 Å². The number of nitrogens with zero attached hydrogens (tertiary/aromatic N) is 3. The fourth-order valence-corrected chi connectivity index (χ4v) is 1.45. The highest BCUT2D eigenvalue weighted by molar-refractivity contribution is 9.10. The topological polar surface area (TPSA) is 98.2 Å². The minimum absolute atomic E-state index is 0.144. The Morgan fingerprint density at radius 3 is 2.84 bits per heavy atom. The maximum absolute atomic E-state index is 8.96. The Balaban J connectivity index is 0.000000861. The second kappa shape index (κ2) is 8.22. The molecule has 0 atom stereocenters. The molecule has 0 saturated heterocycles. The molecule has 19 heavy (non-hydrogen) atoms. The molecule has 0 unspecified atom stereocenters. The molecule has 0 aromatic carbocycles. The van der Waals surface area contributed by atoms with Crippen LogP contribution in [0.25, 0.3) is 0 Å². The summed E-state index contributed by atoms with van der Waals surface area (Å²) < 4.78 is 0.724. The number of pyridine rings is 1. The fraction of sp³-hybridized carbons (Fsp3) is 0.182. The molecule has 102 valence electrons. The maximum atomic E-state index is 8.96. The number of rotatable bonds is 2. The van der Waals surface area contributed by atoms with Crippen LogP contribution < -0.4 is 10.8 Å². The minimum atomic E-state index is 0.144. The van der Waals surface area contributed by atoms with E-state index in [1.54, 1.807) is 30.7 Å². The standard InChI is InChI=1S/C9H9BrN6O.C2H6/c10-7-2-1-3-11-8(7)15-9(16-17)14-6-4-12-13-5-6;1-2/h1-5,17H,(H,12,13)(H2,11,14,15,16);1-2H3. The molecular weight excluding hydrogens is 312 g/mol. The summed E-state index contributed by atoms with van der Waals surface area (Å²) in [6.07, 6.45) is 4.79. The third-order valence-electron chi connectivity index (χ3n) is 1.82. The van der Waals surface area contributed by atoms with E-state index in [2.05, 4.69) is 41.4 Å². The van der Waals surface area contributed by atoms with Crippen LogP contribution in [-0.4, -0.2) is 26.3 Å². The summed E-state index contributed by atoms with van der Waals surface area (Å²) in [6.45, 7) is 4.00. The molecule has 2 heterocycles. The van der Waals surface area contributed by atoms with Crippen molar-refractivity contribution in [2.45, 2.75) is 13.8 Å². The molecule has 2 aromatic heterocycles. The first-order valence-corrected chi connectivity index (χ1v) is 6.44. The van der Waals surface area contributed by atoms with E-state index in [1.807, 2.05) is 19.3 Å². The lowest BCUT2D eigenvalue weighted by molar-refractivity contribution is 0.234. The van der Waals surface area contributed by atoms with Crippen molar-refractivity contribution in [3.05, 3.63) is 35.2 Å². The van der Waals surface area contributed by atoms with E-state index >= 15 is 0 Å². The Bertz CT molecular complexity index is 514. The zero-order valence-corrected chi connectivity index (χ0v) is 12.1. The van der Waals surface area contributed by atoms with Gasteiger partial charge in [-0.2, -0.15) is 10.1 Å². The Hall–Kier alpha value is -1.93. The normalized spacial score (nSPS) is 10.4. The molecule has 0 spiro atoms. The predicted octanol–water partition coefficient (Wildman–Crippen LogP) is 2.67. The van der Waals surface area contributed by atoms with Crippen LogP contribution in [0.1, 0.15) is 13.8 Å². The van der Waals surface area contributed by atoms with Crippen molar-refractivity contribution in [3.63, 3.8) is 0 Å². The largest absolute Gasteiger partial charge is 0.322 e. The van der Waals surface area contributed by atoms with E-state index in [1.165, 1.54) is 0 Å². The molecule has 0 fully saturated rings. The fourth-order valence-electron chi connectivity index (χ4n) is 1.10. The molecule has 7 nitrogen and oxygen atoms in total. The lowest BCUT2D eigenvalue weighted by Crippen LogP contribution is -2.27. The zero-order chi connectivity index (χ0) is 14.1. The van der Waals surface area contributed by atoms with Gasteiger partial charge in [0.2, 0.25) is 5.96 Å². The molecular formula is C11H15BrN6O. The third-order valence-corrected chi connectivity index (χ3v) is 2.44. The van der Waals surface area contributed by atoms with E-state index in [-0.39, 0.29) is 5.96 Å². The number of hydrogen-bond acceptors (Lipinski definition) is 4. The summed E-state index contributed by atoms with van der Waals surface area (Å²) in [5, 5.41) is 18.2. The molecule has 8 heteroatoms. The highest BCUT2D eigenvalue weighted by Crippen LogP contribution is 2.21. The summed E-state index contributed by atoms with van der Waals surface area (Å²) in [5.74, 6) is 0.589. The highest BCUT2D eigenvalue weighted by Gasteiger charge is 2.03. The van der Waals surface area contributed by atoms with E-state index in [9.17, 15) is 0 Å². The quantitative estimate of drug-likeness (QED) is 0.386. The van der Waals surface area contributed by atoms with Crippen molar-refractivity contribution >= 4 is 33.4 Å². The Labute approximate surface area is 119 Å². The van der Waals surface area contributed by atoms with Crippen LogP contribution >= 0.6 is 15.9 Å². The number of aromatic amines is 1. The number of aliphatic imine (C=N–C) groups is 1. The Morgan fingerprint density at radius 1 is 1.47 bits per heavy atom. The first kappa shape index (κ1) is 15.1. The van der Waals surface area contributed by atoms with Crippen LogP contribution in [0.15, 0.2) is 40.2 Å². The van der Waals surface area contributed by atoms with Gasteiger partial charge in [-0.25, -0.2) is 10.5 Å². The molecule has 0 saturated carbocycles. The summed E-state index contributed by atoms with van der Waals surface area (Å²) in [5.41, 5.74) is 2.62. The van der Waals surface area contributed by atoms with Crippen molar-refractivity contribution in [1.82, 2.24) is 20.7 Å². The van der Waals surface area contributed by atoms with Gasteiger partial charge in [0.05, 0.1) is 16.4 Å². The predicted molar refractivity (Wildman–Crippen MR) is 77.5 cm³/mol. The van der Waals surface area contributed by atoms with Crippen molar-refractivity contribution < 1.29 is 5.21 Å². The first-order chi connectivity index (χ1) is 9.29. The van der Waals surface area contributed by atoms with Gasteiger partial charge in [0, 0.05) is 12.4 Å². The van der Waals surface area contributed by atoms with Gasteiger partial charge in [0.1, 0.15) is 0 Å². The smallest absolute Gasteiger partial charge is 0.226 e. The number of halogens is 1. The van der Waals surface area contributed by atoms with Gasteiger partial charge in [0.15, 0.2) is 5.82 Å². The molecule has 0 radical (unpaired) electrons. The molecule has 2 rings (SSSR count). The van der Waals surface area contributed by atoms with Crippen LogP contribution in [0.2, 0.25) is 0 Å². The van der Waals surface area contributed by atoms with Crippen LogP contribution in [0.4, 0.5) is 11.5 Å². The number of hydrogen-bond donors (Lipinski definition) is 4. The molecule has 0 aliphatic heterocycles. The van der Waals surface area contributed by atoms with Crippen LogP contribution in [0.3, 0.4) is 0 Å². The summed E-state index contributed by atoms with van der Waals surface area (Å²) in [6, 6.07) is 3.58. The molecule has 0 aliphatic carbocycles.